The monoisotopic (exact) mass is 259 g/mol. The molecule has 0 radical (unpaired) electrons. The lowest BCUT2D eigenvalue weighted by Crippen LogP contribution is -2.18. The Morgan fingerprint density at radius 2 is 2.05 bits per heavy atom. The van der Waals surface area contributed by atoms with Crippen LogP contribution in [-0.2, 0) is 4.79 Å². The average molecular weight is 259 g/mol. The summed E-state index contributed by atoms with van der Waals surface area (Å²) in [4.78, 5) is 16.1. The second-order valence-electron chi connectivity index (χ2n) is 5.87. The Bertz CT molecular complexity index is 451. The number of nitrogens with zero attached hydrogens (tertiary/aromatic N) is 1. The quantitative estimate of drug-likeness (QED) is 0.877. The van der Waals surface area contributed by atoms with Crippen molar-refractivity contribution in [3.05, 3.63) is 18.3 Å². The highest BCUT2D eigenvalue weighted by molar-refractivity contribution is 5.94. The molecule has 102 valence electrons. The van der Waals surface area contributed by atoms with Crippen LogP contribution in [0.1, 0.15) is 38.5 Å². The third-order valence-electron chi connectivity index (χ3n) is 4.49. The van der Waals surface area contributed by atoms with Crippen LogP contribution in [0.3, 0.4) is 0 Å². The molecular weight excluding hydrogens is 238 g/mol. The van der Waals surface area contributed by atoms with Crippen LogP contribution >= 0.6 is 0 Å². The van der Waals surface area contributed by atoms with Crippen LogP contribution in [0.2, 0.25) is 0 Å². The number of rotatable bonds is 3. The molecule has 1 amide bonds. The predicted octanol–water partition coefficient (Wildman–Crippen LogP) is 2.82. The second kappa shape index (κ2) is 5.19. The van der Waals surface area contributed by atoms with E-state index in [0.717, 1.165) is 18.0 Å². The van der Waals surface area contributed by atoms with Gasteiger partial charge in [-0.25, -0.2) is 4.98 Å². The summed E-state index contributed by atoms with van der Waals surface area (Å²) in [6, 6.07) is 3.51. The average Bonchev–Trinajstić information content (AvgIpc) is 3.23. The van der Waals surface area contributed by atoms with E-state index < -0.39 is 0 Å². The summed E-state index contributed by atoms with van der Waals surface area (Å²) < 4.78 is 0. The molecule has 1 aromatic heterocycles. The Hall–Kier alpha value is -1.58. The maximum atomic E-state index is 12.1. The van der Waals surface area contributed by atoms with Crippen molar-refractivity contribution in [3.8, 4) is 0 Å². The molecule has 2 atom stereocenters. The van der Waals surface area contributed by atoms with Crippen molar-refractivity contribution in [2.75, 3.05) is 11.1 Å². The first-order valence-corrected chi connectivity index (χ1v) is 7.26. The van der Waals surface area contributed by atoms with Gasteiger partial charge in [0.15, 0.2) is 0 Å². The van der Waals surface area contributed by atoms with Gasteiger partial charge in [0.25, 0.3) is 0 Å². The minimum atomic E-state index is 0.155. The van der Waals surface area contributed by atoms with Crippen molar-refractivity contribution in [2.24, 2.45) is 17.8 Å². The third-order valence-corrected chi connectivity index (χ3v) is 4.49. The topological polar surface area (TPSA) is 68.0 Å². The van der Waals surface area contributed by atoms with E-state index in [9.17, 15) is 4.79 Å². The maximum absolute atomic E-state index is 12.1. The maximum Gasteiger partial charge on any atom is 0.227 e. The molecule has 2 aliphatic carbocycles. The molecule has 2 saturated carbocycles. The molecule has 2 unspecified atom stereocenters. The fraction of sp³-hybridized carbons (Fsp3) is 0.600. The Kier molecular flexibility index (Phi) is 3.40. The number of amides is 1. The van der Waals surface area contributed by atoms with E-state index in [0.29, 0.717) is 11.7 Å². The summed E-state index contributed by atoms with van der Waals surface area (Å²) >= 11 is 0. The van der Waals surface area contributed by atoms with Crippen LogP contribution in [0.25, 0.3) is 0 Å². The van der Waals surface area contributed by atoms with Gasteiger partial charge in [-0.2, -0.15) is 0 Å². The number of pyridine rings is 1. The molecule has 0 aromatic carbocycles. The van der Waals surface area contributed by atoms with Crippen LogP contribution in [0.15, 0.2) is 18.3 Å². The van der Waals surface area contributed by atoms with E-state index in [1.807, 2.05) is 0 Å². The van der Waals surface area contributed by atoms with Crippen molar-refractivity contribution < 1.29 is 4.79 Å². The van der Waals surface area contributed by atoms with E-state index in [1.54, 1.807) is 18.3 Å². The summed E-state index contributed by atoms with van der Waals surface area (Å²) in [5, 5.41) is 2.94. The first-order chi connectivity index (χ1) is 9.24. The molecule has 0 bridgehead atoms. The Morgan fingerprint density at radius 3 is 2.74 bits per heavy atom. The van der Waals surface area contributed by atoms with Crippen molar-refractivity contribution in [3.63, 3.8) is 0 Å². The van der Waals surface area contributed by atoms with Gasteiger partial charge in [-0.1, -0.05) is 32.1 Å². The third kappa shape index (κ3) is 2.88. The van der Waals surface area contributed by atoms with Gasteiger partial charge in [-0.15, -0.1) is 0 Å². The first-order valence-electron chi connectivity index (χ1n) is 7.26. The number of hydrogen-bond acceptors (Lipinski definition) is 3. The number of carbonyl (C=O) groups excluding carboxylic acids is 1. The predicted molar refractivity (Wildman–Crippen MR) is 75.5 cm³/mol. The normalized spacial score (nSPS) is 26.9. The molecule has 2 aliphatic rings. The van der Waals surface area contributed by atoms with Gasteiger partial charge >= 0.3 is 0 Å². The molecule has 1 aromatic rings. The summed E-state index contributed by atoms with van der Waals surface area (Å²) in [5.74, 6) is 2.27. The zero-order valence-electron chi connectivity index (χ0n) is 11.1. The van der Waals surface area contributed by atoms with Crippen molar-refractivity contribution in [2.45, 2.75) is 38.5 Å². The number of nitrogens with one attached hydrogen (secondary N) is 1. The zero-order chi connectivity index (χ0) is 13.2. The van der Waals surface area contributed by atoms with E-state index in [4.69, 9.17) is 5.73 Å². The van der Waals surface area contributed by atoms with Crippen LogP contribution < -0.4 is 11.1 Å². The lowest BCUT2D eigenvalue weighted by Gasteiger charge is -2.21. The summed E-state index contributed by atoms with van der Waals surface area (Å²) in [7, 11) is 0. The number of nitrogens with two attached hydrogens (primary N) is 1. The molecule has 0 aliphatic heterocycles. The lowest BCUT2D eigenvalue weighted by molar-refractivity contribution is -0.117. The highest BCUT2D eigenvalue weighted by atomic mass is 16.2. The minimum absolute atomic E-state index is 0.155. The van der Waals surface area contributed by atoms with Gasteiger partial charge < -0.3 is 11.1 Å². The van der Waals surface area contributed by atoms with Crippen LogP contribution in [0.4, 0.5) is 11.5 Å². The Balaban J connectivity index is 1.53. The molecule has 2 fully saturated rings. The fourth-order valence-electron chi connectivity index (χ4n) is 3.31. The van der Waals surface area contributed by atoms with Crippen LogP contribution in [0.5, 0.6) is 0 Å². The SMILES string of the molecule is Nc1ccc(NC(=O)C2CC2C2CCCCC2)cn1. The Labute approximate surface area is 113 Å². The van der Waals surface area contributed by atoms with Gasteiger partial charge in [-0.05, 0) is 30.4 Å². The Morgan fingerprint density at radius 1 is 1.26 bits per heavy atom. The second-order valence-corrected chi connectivity index (χ2v) is 5.87. The largest absolute Gasteiger partial charge is 0.384 e. The highest BCUT2D eigenvalue weighted by Crippen LogP contribution is 2.49. The minimum Gasteiger partial charge on any atom is -0.384 e. The van der Waals surface area contributed by atoms with Crippen LogP contribution in [0, 0.1) is 17.8 Å². The number of aromatic nitrogens is 1. The molecule has 4 nitrogen and oxygen atoms in total. The summed E-state index contributed by atoms with van der Waals surface area (Å²) in [6.45, 7) is 0. The summed E-state index contributed by atoms with van der Waals surface area (Å²) in [6.07, 6.45) is 9.38. The molecule has 0 saturated heterocycles. The van der Waals surface area contributed by atoms with Gasteiger partial charge in [0.1, 0.15) is 5.82 Å². The fourth-order valence-corrected chi connectivity index (χ4v) is 3.31. The molecule has 3 N–H and O–H groups in total. The van der Waals surface area contributed by atoms with Gasteiger partial charge in [-0.3, -0.25) is 4.79 Å². The van der Waals surface area contributed by atoms with Crippen molar-refractivity contribution in [1.82, 2.24) is 4.98 Å². The molecule has 3 rings (SSSR count). The molecule has 1 heterocycles. The van der Waals surface area contributed by atoms with Gasteiger partial charge in [0, 0.05) is 5.92 Å². The number of anilines is 2. The van der Waals surface area contributed by atoms with E-state index in [2.05, 4.69) is 10.3 Å². The van der Waals surface area contributed by atoms with E-state index in [1.165, 1.54) is 32.1 Å². The standard InChI is InChI=1S/C15H21N3O/c16-14-7-6-11(9-17-14)18-15(19)13-8-12(13)10-4-2-1-3-5-10/h6-7,9-10,12-13H,1-5,8H2,(H2,16,17)(H,18,19). The lowest BCUT2D eigenvalue weighted by atomic mass is 9.85. The van der Waals surface area contributed by atoms with E-state index >= 15 is 0 Å². The van der Waals surface area contributed by atoms with Crippen molar-refractivity contribution >= 4 is 17.4 Å². The number of nitrogen functional groups attached to an aromatic ring is 1. The molecular formula is C15H21N3O. The number of hydrogen-bond donors (Lipinski definition) is 2. The molecule has 0 spiro atoms. The van der Waals surface area contributed by atoms with Gasteiger partial charge in [0.2, 0.25) is 5.91 Å². The number of carbonyl (C=O) groups is 1. The summed E-state index contributed by atoms with van der Waals surface area (Å²) in [5.41, 5.74) is 6.27. The van der Waals surface area contributed by atoms with E-state index in [-0.39, 0.29) is 11.8 Å². The van der Waals surface area contributed by atoms with Gasteiger partial charge in [0.05, 0.1) is 11.9 Å². The van der Waals surface area contributed by atoms with Crippen molar-refractivity contribution in [1.29, 1.82) is 0 Å². The zero-order valence-corrected chi connectivity index (χ0v) is 11.1. The van der Waals surface area contributed by atoms with Crippen LogP contribution in [-0.4, -0.2) is 10.9 Å². The molecule has 19 heavy (non-hydrogen) atoms. The smallest absolute Gasteiger partial charge is 0.227 e. The molecule has 4 heteroatoms. The highest BCUT2D eigenvalue weighted by Gasteiger charge is 2.47. The first kappa shape index (κ1) is 12.5.